The summed E-state index contributed by atoms with van der Waals surface area (Å²) < 4.78 is 13.4. The van der Waals surface area contributed by atoms with Gasteiger partial charge in [-0.25, -0.2) is 4.39 Å². The Morgan fingerprint density at radius 1 is 1.10 bits per heavy atom. The minimum Gasteiger partial charge on any atom is -0.391 e. The van der Waals surface area contributed by atoms with Crippen molar-refractivity contribution in [2.45, 2.75) is 12.5 Å². The minimum atomic E-state index is -0.701. The maximum Gasteiger partial charge on any atom is 0.254 e. The number of nitrogens with one attached hydrogen (secondary N) is 1. The number of aliphatic hydroxyl groups is 1. The molecule has 0 aromatic heterocycles. The molecular formula is C16H16FNO2. The predicted molar refractivity (Wildman–Crippen MR) is 74.9 cm³/mol. The molecule has 2 aromatic carbocycles. The number of hydrogen-bond donors (Lipinski definition) is 2. The van der Waals surface area contributed by atoms with Crippen LogP contribution in [-0.4, -0.2) is 23.7 Å². The van der Waals surface area contributed by atoms with Crippen LogP contribution in [0.3, 0.4) is 0 Å². The smallest absolute Gasteiger partial charge is 0.254 e. The summed E-state index contributed by atoms with van der Waals surface area (Å²) in [6.45, 7) is 0.0854. The lowest BCUT2D eigenvalue weighted by Crippen LogP contribution is -2.33. The zero-order chi connectivity index (χ0) is 14.4. The Morgan fingerprint density at radius 3 is 2.45 bits per heavy atom. The van der Waals surface area contributed by atoms with Gasteiger partial charge in [0.05, 0.1) is 11.7 Å². The van der Waals surface area contributed by atoms with E-state index in [1.807, 2.05) is 30.3 Å². The van der Waals surface area contributed by atoms with E-state index < -0.39 is 17.8 Å². The van der Waals surface area contributed by atoms with Crippen LogP contribution in [0.15, 0.2) is 54.6 Å². The molecule has 0 radical (unpaired) electrons. The van der Waals surface area contributed by atoms with E-state index in [0.29, 0.717) is 6.42 Å². The molecule has 2 rings (SSSR count). The van der Waals surface area contributed by atoms with Gasteiger partial charge in [-0.15, -0.1) is 0 Å². The second-order valence-electron chi connectivity index (χ2n) is 4.53. The highest BCUT2D eigenvalue weighted by Crippen LogP contribution is 2.06. The van der Waals surface area contributed by atoms with Gasteiger partial charge < -0.3 is 10.4 Å². The fourth-order valence-corrected chi connectivity index (χ4v) is 1.91. The Balaban J connectivity index is 1.86. The molecular weight excluding hydrogens is 257 g/mol. The second-order valence-corrected chi connectivity index (χ2v) is 4.53. The predicted octanol–water partition coefficient (Wildman–Crippen LogP) is 2.16. The molecule has 1 atom stereocenters. The zero-order valence-electron chi connectivity index (χ0n) is 10.9. The highest BCUT2D eigenvalue weighted by atomic mass is 19.1. The Labute approximate surface area is 117 Å². The first kappa shape index (κ1) is 14.2. The van der Waals surface area contributed by atoms with Crippen LogP contribution in [0, 0.1) is 5.82 Å². The Bertz CT molecular complexity index is 572. The highest BCUT2D eigenvalue weighted by Gasteiger charge is 2.12. The number of hydrogen-bond acceptors (Lipinski definition) is 2. The molecule has 2 N–H and O–H groups in total. The number of amides is 1. The molecule has 3 nitrogen and oxygen atoms in total. The third-order valence-corrected chi connectivity index (χ3v) is 2.93. The van der Waals surface area contributed by atoms with Gasteiger partial charge in [0.15, 0.2) is 0 Å². The van der Waals surface area contributed by atoms with E-state index in [1.165, 1.54) is 18.2 Å². The first-order valence-electron chi connectivity index (χ1n) is 6.41. The number of halogens is 1. The molecule has 0 heterocycles. The van der Waals surface area contributed by atoms with Crippen molar-refractivity contribution in [2.24, 2.45) is 0 Å². The van der Waals surface area contributed by atoms with Crippen LogP contribution < -0.4 is 5.32 Å². The maximum atomic E-state index is 13.4. The summed E-state index contributed by atoms with van der Waals surface area (Å²) in [4.78, 5) is 11.8. The maximum absolute atomic E-state index is 13.4. The summed E-state index contributed by atoms with van der Waals surface area (Å²) >= 11 is 0. The fourth-order valence-electron chi connectivity index (χ4n) is 1.91. The summed E-state index contributed by atoms with van der Waals surface area (Å²) in [6, 6.07) is 15.2. The molecule has 2 aromatic rings. The van der Waals surface area contributed by atoms with Crippen molar-refractivity contribution in [1.82, 2.24) is 5.32 Å². The molecule has 0 aliphatic heterocycles. The normalized spacial score (nSPS) is 11.9. The SMILES string of the molecule is O=C(NCC(O)Cc1ccccc1)c1ccccc1F. The quantitative estimate of drug-likeness (QED) is 0.877. The lowest BCUT2D eigenvalue weighted by molar-refractivity contribution is 0.0912. The van der Waals surface area contributed by atoms with Gasteiger partial charge in [0.25, 0.3) is 5.91 Å². The van der Waals surface area contributed by atoms with Crippen LogP contribution in [0.1, 0.15) is 15.9 Å². The minimum absolute atomic E-state index is 0.0144. The summed E-state index contributed by atoms with van der Waals surface area (Å²) in [5.41, 5.74) is 0.972. The van der Waals surface area contributed by atoms with Crippen molar-refractivity contribution in [3.05, 3.63) is 71.5 Å². The van der Waals surface area contributed by atoms with E-state index in [9.17, 15) is 14.3 Å². The van der Waals surface area contributed by atoms with Crippen LogP contribution in [0.5, 0.6) is 0 Å². The van der Waals surface area contributed by atoms with E-state index in [4.69, 9.17) is 0 Å². The van der Waals surface area contributed by atoms with Crippen molar-refractivity contribution in [1.29, 1.82) is 0 Å². The number of carbonyl (C=O) groups is 1. The van der Waals surface area contributed by atoms with Crippen molar-refractivity contribution in [3.8, 4) is 0 Å². The van der Waals surface area contributed by atoms with Crippen molar-refractivity contribution in [2.75, 3.05) is 6.54 Å². The third kappa shape index (κ3) is 3.90. The third-order valence-electron chi connectivity index (χ3n) is 2.93. The number of carbonyl (C=O) groups excluding carboxylic acids is 1. The molecule has 1 unspecified atom stereocenters. The molecule has 0 bridgehead atoms. The van der Waals surface area contributed by atoms with Gasteiger partial charge in [-0.05, 0) is 17.7 Å². The molecule has 0 spiro atoms. The lowest BCUT2D eigenvalue weighted by Gasteiger charge is -2.12. The van der Waals surface area contributed by atoms with E-state index in [2.05, 4.69) is 5.32 Å². The molecule has 104 valence electrons. The topological polar surface area (TPSA) is 49.3 Å². The van der Waals surface area contributed by atoms with Gasteiger partial charge in [0.2, 0.25) is 0 Å². The molecule has 1 amide bonds. The molecule has 0 aliphatic carbocycles. The van der Waals surface area contributed by atoms with Gasteiger partial charge in [-0.3, -0.25) is 4.79 Å². The largest absolute Gasteiger partial charge is 0.391 e. The van der Waals surface area contributed by atoms with Gasteiger partial charge >= 0.3 is 0 Å². The Kier molecular flexibility index (Phi) is 4.85. The van der Waals surface area contributed by atoms with E-state index in [1.54, 1.807) is 6.07 Å². The van der Waals surface area contributed by atoms with Crippen molar-refractivity contribution < 1.29 is 14.3 Å². The van der Waals surface area contributed by atoms with Crippen LogP contribution in [0.2, 0.25) is 0 Å². The first-order valence-corrected chi connectivity index (χ1v) is 6.41. The summed E-state index contributed by atoms with van der Waals surface area (Å²) in [7, 11) is 0. The molecule has 0 fully saturated rings. The van der Waals surface area contributed by atoms with E-state index >= 15 is 0 Å². The van der Waals surface area contributed by atoms with E-state index in [0.717, 1.165) is 5.56 Å². The van der Waals surface area contributed by atoms with Crippen molar-refractivity contribution >= 4 is 5.91 Å². The fraction of sp³-hybridized carbons (Fsp3) is 0.188. The molecule has 4 heteroatoms. The Hall–Kier alpha value is -2.20. The molecule has 0 saturated heterocycles. The Morgan fingerprint density at radius 2 is 1.75 bits per heavy atom. The zero-order valence-corrected chi connectivity index (χ0v) is 10.9. The van der Waals surface area contributed by atoms with Crippen LogP contribution in [0.4, 0.5) is 4.39 Å². The summed E-state index contributed by atoms with van der Waals surface area (Å²) in [5, 5.41) is 12.4. The monoisotopic (exact) mass is 273 g/mol. The lowest BCUT2D eigenvalue weighted by atomic mass is 10.1. The van der Waals surface area contributed by atoms with Gasteiger partial charge in [0.1, 0.15) is 5.82 Å². The summed E-state index contributed by atoms with van der Waals surface area (Å²) in [6.07, 6.45) is -0.258. The van der Waals surface area contributed by atoms with Crippen molar-refractivity contribution in [3.63, 3.8) is 0 Å². The van der Waals surface area contributed by atoms with Crippen LogP contribution in [-0.2, 0) is 6.42 Å². The highest BCUT2D eigenvalue weighted by molar-refractivity contribution is 5.94. The van der Waals surface area contributed by atoms with Gasteiger partial charge in [-0.2, -0.15) is 0 Å². The number of benzene rings is 2. The van der Waals surface area contributed by atoms with E-state index in [-0.39, 0.29) is 12.1 Å². The number of aliphatic hydroxyl groups excluding tert-OH is 1. The average molecular weight is 273 g/mol. The molecule has 0 saturated carbocycles. The second kappa shape index (κ2) is 6.82. The van der Waals surface area contributed by atoms with Gasteiger partial charge in [0, 0.05) is 13.0 Å². The summed E-state index contributed by atoms with van der Waals surface area (Å²) in [5.74, 6) is -1.09. The first-order chi connectivity index (χ1) is 9.66. The molecule has 0 aliphatic rings. The average Bonchev–Trinajstić information content (AvgIpc) is 2.46. The number of rotatable bonds is 5. The standard InChI is InChI=1S/C16H16FNO2/c17-15-9-5-4-8-14(15)16(20)18-11-13(19)10-12-6-2-1-3-7-12/h1-9,13,19H,10-11H2,(H,18,20). The van der Waals surface area contributed by atoms with Gasteiger partial charge in [-0.1, -0.05) is 42.5 Å². The molecule has 20 heavy (non-hydrogen) atoms. The van der Waals surface area contributed by atoms with Crippen LogP contribution >= 0.6 is 0 Å². The van der Waals surface area contributed by atoms with Crippen LogP contribution in [0.25, 0.3) is 0 Å².